The van der Waals surface area contributed by atoms with Crippen molar-refractivity contribution in [3.63, 3.8) is 0 Å². The molecule has 2 aliphatic rings. The number of hydrogen-bond donors (Lipinski definition) is 2. The molecule has 1 aromatic carbocycles. The first-order chi connectivity index (χ1) is 11.1. The molecule has 3 rings (SSSR count). The number of rotatable bonds is 4. The van der Waals surface area contributed by atoms with E-state index in [4.69, 9.17) is 15.2 Å². The lowest BCUT2D eigenvalue weighted by Crippen LogP contribution is -2.37. The number of primary amides is 1. The van der Waals surface area contributed by atoms with E-state index in [1.54, 1.807) is 0 Å². The van der Waals surface area contributed by atoms with Crippen molar-refractivity contribution >= 4 is 11.9 Å². The summed E-state index contributed by atoms with van der Waals surface area (Å²) in [6, 6.07) is 5.48. The lowest BCUT2D eigenvalue weighted by Gasteiger charge is -2.26. The zero-order valence-corrected chi connectivity index (χ0v) is 12.9. The highest BCUT2D eigenvalue weighted by atomic mass is 16.6. The molecule has 0 spiro atoms. The number of likely N-dealkylation sites (tertiary alicyclic amines) is 1. The van der Waals surface area contributed by atoms with Gasteiger partial charge in [-0.05, 0) is 37.1 Å². The van der Waals surface area contributed by atoms with Gasteiger partial charge in [-0.15, -0.1) is 0 Å². The summed E-state index contributed by atoms with van der Waals surface area (Å²) in [4.78, 5) is 24.5. The zero-order chi connectivity index (χ0) is 16.2. The molecule has 0 unspecified atom stereocenters. The third-order valence-electron chi connectivity index (χ3n) is 4.20. The maximum absolute atomic E-state index is 11.6. The minimum atomic E-state index is -0.806. The summed E-state index contributed by atoms with van der Waals surface area (Å²) >= 11 is 0. The molecular formula is C16H21N3O4. The van der Waals surface area contributed by atoms with Crippen LogP contribution in [0.5, 0.6) is 11.5 Å². The molecule has 1 atom stereocenters. The van der Waals surface area contributed by atoms with Crippen LogP contribution >= 0.6 is 0 Å². The van der Waals surface area contributed by atoms with Gasteiger partial charge in [0, 0.05) is 19.0 Å². The Hall–Kier alpha value is -2.28. The maximum Gasteiger partial charge on any atom is 0.318 e. The van der Waals surface area contributed by atoms with Gasteiger partial charge in [0.25, 0.3) is 0 Å². The van der Waals surface area contributed by atoms with E-state index in [2.05, 4.69) is 16.3 Å². The van der Waals surface area contributed by atoms with E-state index >= 15 is 0 Å². The molecular weight excluding hydrogens is 298 g/mol. The van der Waals surface area contributed by atoms with Gasteiger partial charge >= 0.3 is 6.03 Å². The van der Waals surface area contributed by atoms with E-state index in [-0.39, 0.29) is 18.4 Å². The molecule has 0 radical (unpaired) electrons. The highest BCUT2D eigenvalue weighted by molar-refractivity contribution is 5.93. The number of amides is 3. The van der Waals surface area contributed by atoms with E-state index in [9.17, 15) is 9.59 Å². The first kappa shape index (κ1) is 15.6. The second-order valence-corrected chi connectivity index (χ2v) is 5.76. The lowest BCUT2D eigenvalue weighted by molar-refractivity contribution is -0.120. The van der Waals surface area contributed by atoms with E-state index in [0.29, 0.717) is 19.8 Å². The summed E-state index contributed by atoms with van der Waals surface area (Å²) < 4.78 is 11.2. The van der Waals surface area contributed by atoms with Crippen molar-refractivity contribution in [1.82, 2.24) is 10.2 Å². The van der Waals surface area contributed by atoms with Crippen molar-refractivity contribution in [2.24, 2.45) is 5.73 Å². The second-order valence-electron chi connectivity index (χ2n) is 5.76. The molecule has 1 aromatic rings. The number of benzene rings is 1. The van der Waals surface area contributed by atoms with Crippen LogP contribution < -0.4 is 20.5 Å². The van der Waals surface area contributed by atoms with Gasteiger partial charge in [0.2, 0.25) is 5.91 Å². The van der Waals surface area contributed by atoms with Crippen LogP contribution in [0.4, 0.5) is 4.79 Å². The highest BCUT2D eigenvalue weighted by Crippen LogP contribution is 2.37. The number of ether oxygens (including phenoxy) is 2. The van der Waals surface area contributed by atoms with Crippen LogP contribution in [0.2, 0.25) is 0 Å². The van der Waals surface area contributed by atoms with Crippen LogP contribution in [0, 0.1) is 0 Å². The van der Waals surface area contributed by atoms with Crippen molar-refractivity contribution < 1.29 is 19.1 Å². The first-order valence-corrected chi connectivity index (χ1v) is 7.86. The fraction of sp³-hybridized carbons (Fsp3) is 0.500. The van der Waals surface area contributed by atoms with E-state index in [1.165, 1.54) is 5.56 Å². The molecule has 0 aromatic heterocycles. The fourth-order valence-corrected chi connectivity index (χ4v) is 3.18. The number of fused-ring (bicyclic) bond motifs is 1. The number of nitrogens with two attached hydrogens (primary N) is 1. The molecule has 7 heteroatoms. The van der Waals surface area contributed by atoms with Crippen molar-refractivity contribution in [2.75, 3.05) is 26.3 Å². The number of hydrogen-bond acceptors (Lipinski definition) is 5. The monoisotopic (exact) mass is 319 g/mol. The van der Waals surface area contributed by atoms with Crippen molar-refractivity contribution in [2.45, 2.75) is 25.3 Å². The summed E-state index contributed by atoms with van der Waals surface area (Å²) in [5.41, 5.74) is 6.12. The molecule has 0 saturated carbocycles. The van der Waals surface area contributed by atoms with Crippen LogP contribution in [-0.2, 0) is 4.79 Å². The van der Waals surface area contributed by atoms with Crippen molar-refractivity contribution in [1.29, 1.82) is 0 Å². The number of carbonyl (C=O) groups excluding carboxylic acids is 2. The predicted octanol–water partition coefficient (Wildman–Crippen LogP) is 1.18. The summed E-state index contributed by atoms with van der Waals surface area (Å²) in [5, 5.41) is 2.10. The summed E-state index contributed by atoms with van der Waals surface area (Å²) in [6.45, 7) is 2.68. The average Bonchev–Trinajstić information content (AvgIpc) is 3.00. The molecule has 124 valence electrons. The van der Waals surface area contributed by atoms with Crippen molar-refractivity contribution in [3.8, 4) is 11.5 Å². The summed E-state index contributed by atoms with van der Waals surface area (Å²) in [7, 11) is 0. The Morgan fingerprint density at radius 1 is 1.26 bits per heavy atom. The van der Waals surface area contributed by atoms with Crippen LogP contribution in [0.25, 0.3) is 0 Å². The van der Waals surface area contributed by atoms with Crippen LogP contribution in [0.3, 0.4) is 0 Å². The summed E-state index contributed by atoms with van der Waals surface area (Å²) in [6.07, 6.45) is 2.37. The Labute approximate surface area is 134 Å². The molecule has 1 fully saturated rings. The molecule has 0 bridgehead atoms. The van der Waals surface area contributed by atoms with Gasteiger partial charge in [0.15, 0.2) is 11.5 Å². The normalized spacial score (nSPS) is 20.3. The standard InChI is InChI=1S/C16H21N3O4/c17-16(21)18-15(20)5-7-19-6-1-2-12(19)11-3-4-13-14(10-11)23-9-8-22-13/h3-4,10,12H,1-2,5-9H2,(H3,17,18,20,21)/t12-/m1/s1. The molecule has 0 aliphatic carbocycles. The number of nitrogens with one attached hydrogen (secondary N) is 1. The van der Waals surface area contributed by atoms with Crippen LogP contribution in [0.1, 0.15) is 30.9 Å². The van der Waals surface area contributed by atoms with E-state index in [1.807, 2.05) is 12.1 Å². The van der Waals surface area contributed by atoms with Crippen molar-refractivity contribution in [3.05, 3.63) is 23.8 Å². The second kappa shape index (κ2) is 6.87. The number of nitrogens with zero attached hydrogens (tertiary/aromatic N) is 1. The predicted molar refractivity (Wildman–Crippen MR) is 83.3 cm³/mol. The average molecular weight is 319 g/mol. The third kappa shape index (κ3) is 3.73. The minimum Gasteiger partial charge on any atom is -0.486 e. The van der Waals surface area contributed by atoms with Gasteiger partial charge in [-0.2, -0.15) is 0 Å². The molecule has 23 heavy (non-hydrogen) atoms. The Kier molecular flexibility index (Phi) is 4.66. The SMILES string of the molecule is NC(=O)NC(=O)CCN1CCC[C@@H]1c1ccc2c(c1)OCCO2. The molecule has 7 nitrogen and oxygen atoms in total. The topological polar surface area (TPSA) is 93.9 Å². The van der Waals surface area contributed by atoms with Gasteiger partial charge in [0.1, 0.15) is 13.2 Å². The first-order valence-electron chi connectivity index (χ1n) is 7.86. The van der Waals surface area contributed by atoms with E-state index < -0.39 is 6.03 Å². The third-order valence-corrected chi connectivity index (χ3v) is 4.20. The zero-order valence-electron chi connectivity index (χ0n) is 12.9. The fourth-order valence-electron chi connectivity index (χ4n) is 3.18. The smallest absolute Gasteiger partial charge is 0.318 e. The van der Waals surface area contributed by atoms with Gasteiger partial charge in [-0.25, -0.2) is 4.79 Å². The van der Waals surface area contributed by atoms with Gasteiger partial charge in [-0.1, -0.05) is 6.07 Å². The number of imide groups is 1. The molecule has 2 heterocycles. The van der Waals surface area contributed by atoms with Crippen LogP contribution in [0.15, 0.2) is 18.2 Å². The Bertz CT molecular complexity index is 605. The van der Waals surface area contributed by atoms with Gasteiger partial charge in [0.05, 0.1) is 0 Å². The Morgan fingerprint density at radius 2 is 2.04 bits per heavy atom. The van der Waals surface area contributed by atoms with E-state index in [0.717, 1.165) is 30.9 Å². The van der Waals surface area contributed by atoms with Crippen LogP contribution in [-0.4, -0.2) is 43.1 Å². The molecule has 1 saturated heterocycles. The van der Waals surface area contributed by atoms with Gasteiger partial charge in [-0.3, -0.25) is 15.0 Å². The Morgan fingerprint density at radius 3 is 2.83 bits per heavy atom. The molecule has 3 amide bonds. The number of carbonyl (C=O) groups is 2. The quantitative estimate of drug-likeness (QED) is 0.869. The lowest BCUT2D eigenvalue weighted by atomic mass is 10.0. The number of urea groups is 1. The summed E-state index contributed by atoms with van der Waals surface area (Å²) in [5.74, 6) is 1.22. The maximum atomic E-state index is 11.6. The minimum absolute atomic E-state index is 0.254. The largest absolute Gasteiger partial charge is 0.486 e. The molecule has 2 aliphatic heterocycles. The van der Waals surface area contributed by atoms with Gasteiger partial charge < -0.3 is 15.2 Å². The highest BCUT2D eigenvalue weighted by Gasteiger charge is 2.27. The molecule has 3 N–H and O–H groups in total. The Balaban J connectivity index is 1.64.